The summed E-state index contributed by atoms with van der Waals surface area (Å²) in [6, 6.07) is 0. The fourth-order valence-electron chi connectivity index (χ4n) is 0. The number of hydrogen-bond donors (Lipinski definition) is 0. The number of hydrogen-bond acceptors (Lipinski definition) is 0. The highest BCUT2D eigenvalue weighted by Crippen LogP contribution is 0.420. The van der Waals surface area contributed by atoms with Crippen LogP contribution in [0.5, 0.6) is 0 Å². The molecule has 0 spiro atoms. The predicted octanol–water partition coefficient (Wildman–Crippen LogP) is -1.37. The Morgan fingerprint density at radius 3 is 0.400 bits per heavy atom. The van der Waals surface area contributed by atoms with Crippen molar-refractivity contribution in [2.24, 2.45) is 0 Å². The van der Waals surface area contributed by atoms with Gasteiger partial charge in [-0.25, -0.2) is 0 Å². The molecule has 0 bridgehead atoms. The highest BCUT2D eigenvalue weighted by molar-refractivity contribution is 5.76. The second-order valence-corrected chi connectivity index (χ2v) is 0. The van der Waals surface area contributed by atoms with E-state index in [1.807, 2.05) is 0 Å². The van der Waals surface area contributed by atoms with Crippen LogP contribution in [-0.2, 0) is 0 Å². The van der Waals surface area contributed by atoms with E-state index in [0.29, 0.717) is 0 Å². The molecule has 0 saturated heterocycles. The van der Waals surface area contributed by atoms with Crippen molar-refractivity contribution in [3.63, 3.8) is 0 Å². The molecule has 0 aromatic carbocycles. The summed E-state index contributed by atoms with van der Waals surface area (Å²) in [4.78, 5) is 0. The lowest BCUT2D eigenvalue weighted by molar-refractivity contribution is 1.11. The fourth-order valence-corrected chi connectivity index (χ4v) is 0. The Morgan fingerprint density at radius 1 is 0.400 bits per heavy atom. The van der Waals surface area contributed by atoms with Crippen LogP contribution in [0.1, 0.15) is 0 Å². The summed E-state index contributed by atoms with van der Waals surface area (Å²) in [6.07, 6.45) is 0. The maximum atomic E-state index is 0. The Labute approximate surface area is 49.2 Å². The predicted molar refractivity (Wildman–Crippen MR) is 25.5 cm³/mol. The van der Waals surface area contributed by atoms with Crippen molar-refractivity contribution >= 4 is 43.9 Å². The summed E-state index contributed by atoms with van der Waals surface area (Å²) in [7, 11) is 0. The van der Waals surface area contributed by atoms with Gasteiger partial charge in [0.2, 0.25) is 0 Å². The topological polar surface area (TPSA) is 0 Å². The van der Waals surface area contributed by atoms with Gasteiger partial charge in [-0.15, -0.1) is 0 Å². The van der Waals surface area contributed by atoms with Crippen LogP contribution in [-0.4, -0.2) is 43.9 Å². The van der Waals surface area contributed by atoms with Gasteiger partial charge in [0.1, 0.15) is 0 Å². The molecule has 0 N–H and O–H groups in total. The largest absolute Gasteiger partial charge is 0.269 e. The third-order valence-corrected chi connectivity index (χ3v) is 0. The van der Waals surface area contributed by atoms with Crippen LogP contribution in [0.3, 0.4) is 0 Å². The number of halogens is 1. The fraction of sp³-hybridized carbons (Fsp3) is 0. The van der Waals surface area contributed by atoms with E-state index < -0.39 is 0 Å². The molecule has 0 nitrogen and oxygen atoms in total. The van der Waals surface area contributed by atoms with E-state index >= 15 is 0 Å². The molecule has 0 aliphatic rings. The second kappa shape index (κ2) is 109. The van der Waals surface area contributed by atoms with Crippen molar-refractivity contribution in [3.8, 4) is 0 Å². The molecule has 0 aliphatic heterocycles. The summed E-state index contributed by atoms with van der Waals surface area (Å²) in [5.74, 6) is 0. The molecular formula is HFSi4. The van der Waals surface area contributed by atoms with E-state index in [9.17, 15) is 0 Å². The molecule has 0 aliphatic carbocycles. The molecule has 0 atom stereocenters. The van der Waals surface area contributed by atoms with E-state index in [2.05, 4.69) is 0 Å². The molecule has 0 aromatic rings. The van der Waals surface area contributed by atoms with Crippen LogP contribution >= 0.6 is 0 Å². The van der Waals surface area contributed by atoms with Gasteiger partial charge in [-0.05, 0) is 0 Å². The zero-order valence-electron chi connectivity index (χ0n) is 2.41. The highest BCUT2D eigenvalue weighted by Gasteiger charge is 0.00301. The lowest BCUT2D eigenvalue weighted by atomic mass is 19.0. The van der Waals surface area contributed by atoms with Crippen molar-refractivity contribution in [2.45, 2.75) is 0 Å². The third-order valence-electron chi connectivity index (χ3n) is 0. The monoisotopic (exact) mass is 132 g/mol. The van der Waals surface area contributed by atoms with Gasteiger partial charge in [0.25, 0.3) is 0 Å². The first-order valence-corrected chi connectivity index (χ1v) is 0. The molecule has 0 aromatic heterocycles. The Kier molecular flexibility index (Phi) is 4560. The third kappa shape index (κ3) is 59.0. The summed E-state index contributed by atoms with van der Waals surface area (Å²) in [5, 5.41) is 0. The summed E-state index contributed by atoms with van der Waals surface area (Å²) < 4.78 is 0. The first kappa shape index (κ1) is 210. The highest BCUT2D eigenvalue weighted by atomic mass is 28.1. The van der Waals surface area contributed by atoms with Gasteiger partial charge in [0.05, 0.1) is 0 Å². The van der Waals surface area contributed by atoms with Gasteiger partial charge in [-0.3, -0.25) is 4.70 Å². The normalized spacial score (nSPS) is 0. The average molecular weight is 132 g/mol. The molecule has 0 fully saturated rings. The van der Waals surface area contributed by atoms with Crippen LogP contribution in [0.15, 0.2) is 0 Å². The molecule has 0 heterocycles. The minimum absolute atomic E-state index is 0. The Bertz CT molecular complexity index is 3.61. The van der Waals surface area contributed by atoms with Gasteiger partial charge in [0.15, 0.2) is 0 Å². The van der Waals surface area contributed by atoms with Gasteiger partial charge in [-0.1, -0.05) is 0 Å². The molecule has 0 rings (SSSR count). The van der Waals surface area contributed by atoms with Gasteiger partial charge in [0, 0.05) is 43.9 Å². The first-order chi connectivity index (χ1) is 0. The second-order valence-electron chi connectivity index (χ2n) is 0. The van der Waals surface area contributed by atoms with Crippen LogP contribution < -0.4 is 0 Å². The SMILES string of the molecule is F.[Si].[Si].[Si].[Si]. The lowest BCUT2D eigenvalue weighted by Gasteiger charge is -0.269. The first-order valence-electron chi connectivity index (χ1n) is 0. The summed E-state index contributed by atoms with van der Waals surface area (Å²) in [6.45, 7) is 0. The lowest BCUT2D eigenvalue weighted by Crippen LogP contribution is -0.382. The molecule has 0 unspecified atom stereocenters. The number of rotatable bonds is 0. The quantitative estimate of drug-likeness (QED) is 0.357. The Balaban J connectivity index is 0. The molecule has 16 radical (unpaired) electrons. The van der Waals surface area contributed by atoms with Crippen molar-refractivity contribution in [1.82, 2.24) is 0 Å². The standard InChI is InChI=1S/FH.4Si/h1H;;;;. The van der Waals surface area contributed by atoms with Crippen molar-refractivity contribution < 1.29 is 4.70 Å². The molecule has 0 amide bonds. The molecule has 24 valence electrons. The van der Waals surface area contributed by atoms with Crippen LogP contribution in [0.2, 0.25) is 0 Å². The summed E-state index contributed by atoms with van der Waals surface area (Å²) in [5.41, 5.74) is 0. The van der Waals surface area contributed by atoms with Crippen molar-refractivity contribution in [1.29, 1.82) is 0 Å². The minimum atomic E-state index is 0. The maximum Gasteiger partial charge on any atom is 0 e. The summed E-state index contributed by atoms with van der Waals surface area (Å²) >= 11 is 0. The van der Waals surface area contributed by atoms with E-state index in [4.69, 9.17) is 0 Å². The smallest absolute Gasteiger partial charge is 0 e. The average Bonchev–Trinajstić information content (AvgIpc) is 0. The van der Waals surface area contributed by atoms with E-state index in [1.54, 1.807) is 0 Å². The molecule has 0 saturated carbocycles. The Morgan fingerprint density at radius 2 is 0.400 bits per heavy atom. The zero-order chi connectivity index (χ0) is 0. The van der Waals surface area contributed by atoms with Gasteiger partial charge >= 0.3 is 0 Å². The van der Waals surface area contributed by atoms with Crippen LogP contribution in [0.25, 0.3) is 0 Å². The minimum Gasteiger partial charge on any atom is -0.269 e. The van der Waals surface area contributed by atoms with Crippen LogP contribution in [0.4, 0.5) is 4.70 Å². The van der Waals surface area contributed by atoms with Crippen molar-refractivity contribution in [3.05, 3.63) is 0 Å². The molecular weight excluding hydrogens is 131 g/mol. The van der Waals surface area contributed by atoms with Crippen molar-refractivity contribution in [2.75, 3.05) is 0 Å². The van der Waals surface area contributed by atoms with E-state index in [0.717, 1.165) is 0 Å². The zero-order valence-corrected chi connectivity index (χ0v) is 6.41. The molecule has 5 heavy (non-hydrogen) atoms. The van der Waals surface area contributed by atoms with Gasteiger partial charge in [-0.2, -0.15) is 0 Å². The van der Waals surface area contributed by atoms with Crippen LogP contribution in [0, 0.1) is 0 Å². The van der Waals surface area contributed by atoms with E-state index in [1.165, 1.54) is 0 Å². The Hall–Kier alpha value is 0.798. The van der Waals surface area contributed by atoms with E-state index in [-0.39, 0.29) is 48.6 Å². The van der Waals surface area contributed by atoms with Gasteiger partial charge < -0.3 is 0 Å². The maximum absolute atomic E-state index is 0. The molecule has 5 heteroatoms.